The number of benzene rings is 4. The summed E-state index contributed by atoms with van der Waals surface area (Å²) in [6.45, 7) is 3.99. The van der Waals surface area contributed by atoms with Crippen LogP contribution in [-0.4, -0.2) is 11.8 Å². The summed E-state index contributed by atoms with van der Waals surface area (Å²) in [6.07, 6.45) is 0. The highest BCUT2D eigenvalue weighted by Crippen LogP contribution is 2.37. The van der Waals surface area contributed by atoms with E-state index in [4.69, 9.17) is 0 Å². The number of thioether (sulfide) groups is 1. The van der Waals surface area contributed by atoms with Gasteiger partial charge in [0, 0.05) is 16.3 Å². The highest BCUT2D eigenvalue weighted by atomic mass is 32.2. The van der Waals surface area contributed by atoms with Crippen LogP contribution < -0.4 is 10.6 Å². The van der Waals surface area contributed by atoms with Crippen molar-refractivity contribution in [1.29, 1.82) is 0 Å². The van der Waals surface area contributed by atoms with E-state index in [1.165, 1.54) is 30.0 Å². The quantitative estimate of drug-likeness (QED) is 0.274. The van der Waals surface area contributed by atoms with E-state index in [0.717, 1.165) is 27.3 Å². The van der Waals surface area contributed by atoms with Gasteiger partial charge in [-0.3, -0.25) is 9.59 Å². The Labute approximate surface area is 208 Å². The average molecular weight is 485 g/mol. The van der Waals surface area contributed by atoms with E-state index in [1.54, 1.807) is 24.3 Å². The zero-order valence-corrected chi connectivity index (χ0v) is 20.2. The first kappa shape index (κ1) is 24.2. The van der Waals surface area contributed by atoms with Gasteiger partial charge in [0.15, 0.2) is 0 Å². The SMILES string of the molecule is Cc1cc(C)cc(NC(=O)C(Sc2cccc(NC(=O)c3ccccc3F)c2)c2ccccc2)c1. The molecule has 0 radical (unpaired) electrons. The predicted molar refractivity (Wildman–Crippen MR) is 140 cm³/mol. The fraction of sp³-hybridized carbons (Fsp3) is 0.103. The summed E-state index contributed by atoms with van der Waals surface area (Å²) >= 11 is 1.38. The molecule has 2 N–H and O–H groups in total. The van der Waals surface area contributed by atoms with Gasteiger partial charge in [0.25, 0.3) is 5.91 Å². The molecule has 0 aliphatic rings. The second-order valence-corrected chi connectivity index (χ2v) is 9.41. The molecule has 6 heteroatoms. The maximum absolute atomic E-state index is 14.0. The maximum atomic E-state index is 14.0. The summed E-state index contributed by atoms with van der Waals surface area (Å²) in [4.78, 5) is 26.7. The molecule has 35 heavy (non-hydrogen) atoms. The van der Waals surface area contributed by atoms with Gasteiger partial charge in [0.05, 0.1) is 5.56 Å². The first-order chi connectivity index (χ1) is 16.9. The van der Waals surface area contributed by atoms with Crippen molar-refractivity contribution in [3.8, 4) is 0 Å². The Morgan fingerprint density at radius 2 is 1.43 bits per heavy atom. The first-order valence-electron chi connectivity index (χ1n) is 11.2. The number of hydrogen-bond donors (Lipinski definition) is 2. The molecule has 176 valence electrons. The lowest BCUT2D eigenvalue weighted by Crippen LogP contribution is -2.19. The number of hydrogen-bond acceptors (Lipinski definition) is 3. The molecular formula is C29H25FN2O2S. The van der Waals surface area contributed by atoms with Gasteiger partial charge < -0.3 is 10.6 Å². The minimum Gasteiger partial charge on any atom is -0.325 e. The maximum Gasteiger partial charge on any atom is 0.258 e. The number of halogens is 1. The molecule has 4 aromatic rings. The summed E-state index contributed by atoms with van der Waals surface area (Å²) in [5.74, 6) is -1.26. The Kier molecular flexibility index (Phi) is 7.63. The summed E-state index contributed by atoms with van der Waals surface area (Å²) in [7, 11) is 0. The van der Waals surface area contributed by atoms with Gasteiger partial charge in [-0.15, -0.1) is 11.8 Å². The van der Waals surface area contributed by atoms with Crippen molar-refractivity contribution in [2.24, 2.45) is 0 Å². The fourth-order valence-corrected chi connectivity index (χ4v) is 4.87. The van der Waals surface area contributed by atoms with E-state index >= 15 is 0 Å². The lowest BCUT2D eigenvalue weighted by Gasteiger charge is -2.18. The van der Waals surface area contributed by atoms with Crippen LogP contribution in [0.2, 0.25) is 0 Å². The standard InChI is InChI=1S/C29H25FN2O2S/c1-19-15-20(2)17-23(16-19)32-29(34)27(21-9-4-3-5-10-21)35-24-12-8-11-22(18-24)31-28(33)25-13-6-7-14-26(25)30/h3-18,27H,1-2H3,(H,31,33)(H,32,34). The zero-order valence-electron chi connectivity index (χ0n) is 19.4. The third-order valence-electron chi connectivity index (χ3n) is 5.29. The van der Waals surface area contributed by atoms with Crippen LogP contribution in [0.4, 0.5) is 15.8 Å². The number of rotatable bonds is 7. The molecule has 1 unspecified atom stereocenters. The zero-order chi connectivity index (χ0) is 24.8. The Hall–Kier alpha value is -3.90. The van der Waals surface area contributed by atoms with Crippen LogP contribution in [0.5, 0.6) is 0 Å². The summed E-state index contributed by atoms with van der Waals surface area (Å²) in [5.41, 5.74) is 4.25. The van der Waals surface area contributed by atoms with Gasteiger partial charge in [0.1, 0.15) is 11.1 Å². The molecule has 4 nitrogen and oxygen atoms in total. The summed E-state index contributed by atoms with van der Waals surface area (Å²) in [5, 5.41) is 5.27. The second-order valence-electron chi connectivity index (χ2n) is 8.24. The summed E-state index contributed by atoms with van der Waals surface area (Å²) in [6, 6.07) is 28.5. The van der Waals surface area contributed by atoms with Crippen LogP contribution in [0.1, 0.15) is 32.3 Å². The molecule has 4 aromatic carbocycles. The van der Waals surface area contributed by atoms with Crippen molar-refractivity contribution in [3.63, 3.8) is 0 Å². The Balaban J connectivity index is 1.56. The number of nitrogens with one attached hydrogen (secondary N) is 2. The van der Waals surface area contributed by atoms with Gasteiger partial charge in [-0.25, -0.2) is 4.39 Å². The Bertz CT molecular complexity index is 1340. The number of anilines is 2. The summed E-state index contributed by atoms with van der Waals surface area (Å²) < 4.78 is 14.0. The molecule has 0 aromatic heterocycles. The minimum absolute atomic E-state index is 0.0273. The topological polar surface area (TPSA) is 58.2 Å². The van der Waals surface area contributed by atoms with Gasteiger partial charge in [0.2, 0.25) is 5.91 Å². The normalized spacial score (nSPS) is 11.5. The van der Waals surface area contributed by atoms with Crippen LogP contribution >= 0.6 is 11.8 Å². The molecule has 0 aliphatic carbocycles. The van der Waals surface area contributed by atoms with Crippen molar-refractivity contribution in [1.82, 2.24) is 0 Å². The molecule has 2 amide bonds. The van der Waals surface area contributed by atoms with Gasteiger partial charge in [-0.05, 0) is 73.0 Å². The molecule has 0 spiro atoms. The largest absolute Gasteiger partial charge is 0.325 e. The van der Waals surface area contributed by atoms with Crippen LogP contribution in [0.3, 0.4) is 0 Å². The van der Waals surface area contributed by atoms with Gasteiger partial charge >= 0.3 is 0 Å². The predicted octanol–water partition coefficient (Wildman–Crippen LogP) is 7.17. The van der Waals surface area contributed by atoms with E-state index in [0.29, 0.717) is 5.69 Å². The van der Waals surface area contributed by atoms with Crippen LogP contribution in [0.15, 0.2) is 102 Å². The average Bonchev–Trinajstić information content (AvgIpc) is 2.83. The third-order valence-corrected chi connectivity index (χ3v) is 6.54. The fourth-order valence-electron chi connectivity index (χ4n) is 3.78. The molecule has 0 aliphatic heterocycles. The number of carbonyl (C=O) groups excluding carboxylic acids is 2. The third kappa shape index (κ3) is 6.37. The number of amides is 2. The molecule has 1 atom stereocenters. The van der Waals surface area contributed by atoms with Gasteiger partial charge in [-0.1, -0.05) is 54.6 Å². The molecule has 0 fully saturated rings. The van der Waals surface area contributed by atoms with Crippen molar-refractivity contribution in [3.05, 3.63) is 125 Å². The van der Waals surface area contributed by atoms with Crippen molar-refractivity contribution < 1.29 is 14.0 Å². The van der Waals surface area contributed by atoms with E-state index < -0.39 is 17.0 Å². The molecule has 0 heterocycles. The Morgan fingerprint density at radius 3 is 2.14 bits per heavy atom. The van der Waals surface area contributed by atoms with E-state index in [1.807, 2.05) is 62.4 Å². The van der Waals surface area contributed by atoms with Crippen molar-refractivity contribution >= 4 is 35.0 Å². The van der Waals surface area contributed by atoms with Crippen LogP contribution in [0, 0.1) is 19.7 Å². The molecular weight excluding hydrogens is 459 g/mol. The van der Waals surface area contributed by atoms with E-state index in [9.17, 15) is 14.0 Å². The van der Waals surface area contributed by atoms with E-state index in [-0.39, 0.29) is 11.5 Å². The van der Waals surface area contributed by atoms with Crippen LogP contribution in [-0.2, 0) is 4.79 Å². The lowest BCUT2D eigenvalue weighted by molar-refractivity contribution is -0.115. The molecule has 0 bridgehead atoms. The lowest BCUT2D eigenvalue weighted by atomic mass is 10.1. The monoisotopic (exact) mass is 484 g/mol. The number of carbonyl (C=O) groups is 2. The van der Waals surface area contributed by atoms with Gasteiger partial charge in [-0.2, -0.15) is 0 Å². The molecule has 4 rings (SSSR count). The number of aryl methyl sites for hydroxylation is 2. The van der Waals surface area contributed by atoms with Crippen molar-refractivity contribution in [2.45, 2.75) is 24.0 Å². The molecule has 0 saturated heterocycles. The van der Waals surface area contributed by atoms with E-state index in [2.05, 4.69) is 16.7 Å². The Morgan fingerprint density at radius 1 is 0.743 bits per heavy atom. The first-order valence-corrected chi connectivity index (χ1v) is 12.0. The highest BCUT2D eigenvalue weighted by Gasteiger charge is 2.23. The smallest absolute Gasteiger partial charge is 0.258 e. The highest BCUT2D eigenvalue weighted by molar-refractivity contribution is 8.00. The second kappa shape index (κ2) is 11.0. The molecule has 0 saturated carbocycles. The van der Waals surface area contributed by atoms with Crippen molar-refractivity contribution in [2.75, 3.05) is 10.6 Å². The minimum atomic E-state index is -0.581. The van der Waals surface area contributed by atoms with Crippen LogP contribution in [0.25, 0.3) is 0 Å².